The zero-order valence-corrected chi connectivity index (χ0v) is 37.7. The minimum absolute atomic E-state index is 0.000989. The van der Waals surface area contributed by atoms with Gasteiger partial charge < -0.3 is 61.6 Å². The smallest absolute Gasteiger partial charge is 0.330 e. The van der Waals surface area contributed by atoms with E-state index < -0.39 is 70.4 Å². The summed E-state index contributed by atoms with van der Waals surface area (Å²) in [6.45, 7) is 23.3. The average molecular weight is 951 g/mol. The molecule has 0 unspecified atom stereocenters. The Kier molecular flexibility index (Phi) is 33.1. The van der Waals surface area contributed by atoms with Crippen LogP contribution in [0.2, 0.25) is 0 Å². The maximum atomic E-state index is 12.1. The molecular formula is C46H62O21. The predicted molar refractivity (Wildman–Crippen MR) is 235 cm³/mol. The first-order valence-corrected chi connectivity index (χ1v) is 20.3. The van der Waals surface area contributed by atoms with Gasteiger partial charge in [-0.1, -0.05) is 52.6 Å². The average Bonchev–Trinajstić information content (AvgIpc) is 3.35. The van der Waals surface area contributed by atoms with Crippen LogP contribution < -0.4 is 0 Å². The van der Waals surface area contributed by atoms with Crippen molar-refractivity contribution >= 4 is 47.8 Å². The topological polar surface area (TPSA) is 257 Å². The van der Waals surface area contributed by atoms with E-state index in [1.54, 1.807) is 0 Å². The fourth-order valence-electron chi connectivity index (χ4n) is 4.76. The number of esters is 8. The predicted octanol–water partition coefficient (Wildman–Crippen LogP) is 2.11. The molecule has 0 heterocycles. The lowest BCUT2D eigenvalue weighted by Gasteiger charge is -2.32. The van der Waals surface area contributed by atoms with Crippen molar-refractivity contribution in [1.82, 2.24) is 0 Å². The van der Waals surface area contributed by atoms with Crippen LogP contribution in [-0.2, 0) is 99.9 Å². The summed E-state index contributed by atoms with van der Waals surface area (Å²) in [4.78, 5) is 95.3. The van der Waals surface area contributed by atoms with Gasteiger partial charge in [0.25, 0.3) is 0 Å². The zero-order chi connectivity index (χ0) is 50.4. The summed E-state index contributed by atoms with van der Waals surface area (Å²) in [5, 5.41) is 0. The van der Waals surface area contributed by atoms with E-state index in [9.17, 15) is 38.4 Å². The van der Waals surface area contributed by atoms with E-state index in [2.05, 4.69) is 52.6 Å². The first-order valence-electron chi connectivity index (χ1n) is 20.3. The molecule has 0 aromatic carbocycles. The molecule has 0 N–H and O–H groups in total. The van der Waals surface area contributed by atoms with Crippen molar-refractivity contribution in [3.05, 3.63) is 101 Å². The molecule has 0 saturated carbocycles. The number of ether oxygens (including phenoxy) is 13. The monoisotopic (exact) mass is 950 g/mol. The fourth-order valence-corrected chi connectivity index (χ4v) is 4.76. The third-order valence-corrected chi connectivity index (χ3v) is 8.35. The molecular weight excluding hydrogens is 888 g/mol. The molecule has 0 aromatic rings. The molecule has 0 radical (unpaired) electrons. The summed E-state index contributed by atoms with van der Waals surface area (Å²) in [6.07, 6.45) is 7.56. The van der Waals surface area contributed by atoms with Crippen LogP contribution in [0.15, 0.2) is 101 Å². The van der Waals surface area contributed by atoms with Crippen LogP contribution in [0.5, 0.6) is 0 Å². The normalized spacial score (nSPS) is 10.9. The van der Waals surface area contributed by atoms with Crippen molar-refractivity contribution < 1.29 is 99.9 Å². The van der Waals surface area contributed by atoms with Crippen molar-refractivity contribution in [3.63, 3.8) is 0 Å². The molecule has 0 atom stereocenters. The summed E-state index contributed by atoms with van der Waals surface area (Å²) in [5.41, 5.74) is -2.63. The third kappa shape index (κ3) is 29.6. The van der Waals surface area contributed by atoms with E-state index in [1.165, 1.54) is 0 Å². The number of carbonyl (C=O) groups excluding carboxylic acids is 8. The van der Waals surface area contributed by atoms with Gasteiger partial charge in [-0.05, 0) is 0 Å². The van der Waals surface area contributed by atoms with Crippen molar-refractivity contribution in [2.45, 2.75) is 0 Å². The number of rotatable bonds is 42. The highest BCUT2D eigenvalue weighted by Crippen LogP contribution is 2.24. The lowest BCUT2D eigenvalue weighted by atomic mass is 9.92. The molecule has 0 spiro atoms. The van der Waals surface area contributed by atoms with E-state index in [0.717, 1.165) is 48.6 Å². The highest BCUT2D eigenvalue weighted by atomic mass is 16.6. The largest absolute Gasteiger partial charge is 0.462 e. The van der Waals surface area contributed by atoms with Crippen molar-refractivity contribution in [3.8, 4) is 0 Å². The van der Waals surface area contributed by atoms with Gasteiger partial charge in [0, 0.05) is 48.6 Å². The molecule has 0 aromatic heterocycles. The van der Waals surface area contributed by atoms with Gasteiger partial charge in [-0.25, -0.2) is 38.4 Å². The maximum absolute atomic E-state index is 12.1. The number of carbonyl (C=O) groups is 8. The Balaban J connectivity index is 5.87. The van der Waals surface area contributed by atoms with Crippen LogP contribution in [-0.4, -0.2) is 167 Å². The summed E-state index contributed by atoms with van der Waals surface area (Å²) in [5.74, 6) is -7.37. The van der Waals surface area contributed by atoms with Crippen LogP contribution >= 0.6 is 0 Å². The summed E-state index contributed by atoms with van der Waals surface area (Å²) in [6, 6.07) is 0. The van der Waals surface area contributed by atoms with Gasteiger partial charge in [-0.15, -0.1) is 0 Å². The van der Waals surface area contributed by atoms with E-state index >= 15 is 0 Å². The van der Waals surface area contributed by atoms with Gasteiger partial charge in [0.15, 0.2) is 0 Å². The van der Waals surface area contributed by atoms with Gasteiger partial charge >= 0.3 is 47.8 Å². The van der Waals surface area contributed by atoms with E-state index in [0.29, 0.717) is 0 Å². The van der Waals surface area contributed by atoms with Gasteiger partial charge in [-0.2, -0.15) is 0 Å². The second kappa shape index (κ2) is 36.7. The first kappa shape index (κ1) is 60.5. The molecule has 0 fully saturated rings. The molecule has 0 rings (SSSR count). The van der Waals surface area contributed by atoms with E-state index in [4.69, 9.17) is 61.6 Å². The first-order chi connectivity index (χ1) is 32.1. The van der Waals surface area contributed by atoms with E-state index in [1.807, 2.05) is 0 Å². The van der Waals surface area contributed by atoms with Crippen molar-refractivity contribution in [2.75, 3.05) is 119 Å². The quantitative estimate of drug-likeness (QED) is 0.0367. The SMILES string of the molecule is C=CC(=O)OCC(COCC(COCCOCCOCC(COCC(COC(=O)C=C)COC(=O)C=C)(COC(=O)C=C)COC(=O)C=C)(COC(=O)C=C)COC(=O)C=C)COC(=O)C=C. The summed E-state index contributed by atoms with van der Waals surface area (Å²) in [7, 11) is 0. The van der Waals surface area contributed by atoms with Crippen LogP contribution in [0.25, 0.3) is 0 Å². The van der Waals surface area contributed by atoms with Gasteiger partial charge in [0.1, 0.15) is 26.4 Å². The molecule has 0 amide bonds. The Labute approximate surface area is 389 Å². The summed E-state index contributed by atoms with van der Waals surface area (Å²) >= 11 is 0. The highest BCUT2D eigenvalue weighted by molar-refractivity contribution is 5.83. The van der Waals surface area contributed by atoms with Crippen molar-refractivity contribution in [1.29, 1.82) is 0 Å². The Bertz CT molecular complexity index is 1470. The van der Waals surface area contributed by atoms with Gasteiger partial charge in [-0.3, -0.25) is 0 Å². The third-order valence-electron chi connectivity index (χ3n) is 8.35. The minimum Gasteiger partial charge on any atom is -0.462 e. The minimum atomic E-state index is -1.32. The fraction of sp³-hybridized carbons (Fsp3) is 0.478. The van der Waals surface area contributed by atoms with Crippen LogP contribution in [0.4, 0.5) is 0 Å². The van der Waals surface area contributed by atoms with Crippen molar-refractivity contribution in [2.24, 2.45) is 22.7 Å². The molecule has 21 heteroatoms. The Hall–Kier alpha value is -6.52. The maximum Gasteiger partial charge on any atom is 0.330 e. The lowest BCUT2D eigenvalue weighted by molar-refractivity contribution is -0.160. The highest BCUT2D eigenvalue weighted by Gasteiger charge is 2.37. The molecule has 67 heavy (non-hydrogen) atoms. The second-order valence-corrected chi connectivity index (χ2v) is 14.1. The van der Waals surface area contributed by atoms with Crippen LogP contribution in [0.3, 0.4) is 0 Å². The number of hydrogen-bond acceptors (Lipinski definition) is 21. The van der Waals surface area contributed by atoms with Gasteiger partial charge in [0.05, 0.1) is 115 Å². The standard InChI is InChI=1S/C46H62O21/c1-9-37(47)60-23-35(24-61-38(48)10-2)21-58-29-45(31-64-41(51)13-5,32-65-42(52)14-6)27-56-19-17-55-18-20-57-28-46(33-66-43(53)15-7,34-67-44(54)16-8)30-59-22-36(25-62-39(49)11-3)26-63-40(50)12-4/h9-16,35-36H,1-8,17-34H2. The Morgan fingerprint density at radius 1 is 0.284 bits per heavy atom. The molecule has 0 bridgehead atoms. The molecule has 0 aliphatic carbocycles. The molecule has 0 saturated heterocycles. The molecule has 372 valence electrons. The van der Waals surface area contributed by atoms with Crippen LogP contribution in [0.1, 0.15) is 0 Å². The molecule has 0 aliphatic rings. The lowest BCUT2D eigenvalue weighted by Crippen LogP contribution is -2.43. The molecule has 21 nitrogen and oxygen atoms in total. The Morgan fingerprint density at radius 3 is 0.731 bits per heavy atom. The van der Waals surface area contributed by atoms with E-state index in [-0.39, 0.29) is 119 Å². The molecule has 0 aliphatic heterocycles. The van der Waals surface area contributed by atoms with Crippen LogP contribution in [0, 0.1) is 22.7 Å². The summed E-state index contributed by atoms with van der Waals surface area (Å²) < 4.78 is 70.9. The van der Waals surface area contributed by atoms with Gasteiger partial charge in [0.2, 0.25) is 0 Å². The second-order valence-electron chi connectivity index (χ2n) is 14.1. The number of hydrogen-bond donors (Lipinski definition) is 0. The Morgan fingerprint density at radius 2 is 0.493 bits per heavy atom. The zero-order valence-electron chi connectivity index (χ0n) is 37.7.